The highest BCUT2D eigenvalue weighted by Gasteiger charge is 2.23. The SMILES string of the molecule is COc1cccc(N2CCCC(NC(=O)c3cnnn3C)C2)c1. The summed E-state index contributed by atoms with van der Waals surface area (Å²) in [5.41, 5.74) is 1.59. The molecule has 7 nitrogen and oxygen atoms in total. The molecular weight excluding hydrogens is 294 g/mol. The topological polar surface area (TPSA) is 72.3 Å². The second-order valence-corrected chi connectivity index (χ2v) is 5.70. The Labute approximate surface area is 135 Å². The van der Waals surface area contributed by atoms with Crippen LogP contribution in [-0.2, 0) is 7.05 Å². The van der Waals surface area contributed by atoms with Crippen LogP contribution in [0.3, 0.4) is 0 Å². The third kappa shape index (κ3) is 3.44. The molecule has 1 aromatic heterocycles. The molecule has 0 spiro atoms. The fourth-order valence-corrected chi connectivity index (χ4v) is 2.89. The Balaban J connectivity index is 1.66. The Kier molecular flexibility index (Phi) is 4.45. The number of nitrogens with zero attached hydrogens (tertiary/aromatic N) is 4. The van der Waals surface area contributed by atoms with Crippen molar-refractivity contribution in [1.82, 2.24) is 20.3 Å². The van der Waals surface area contributed by atoms with E-state index in [0.29, 0.717) is 5.69 Å². The molecule has 1 N–H and O–H groups in total. The van der Waals surface area contributed by atoms with E-state index in [9.17, 15) is 4.79 Å². The first kappa shape index (κ1) is 15.3. The van der Waals surface area contributed by atoms with E-state index in [1.807, 2.05) is 18.2 Å². The summed E-state index contributed by atoms with van der Waals surface area (Å²) >= 11 is 0. The van der Waals surface area contributed by atoms with Crippen LogP contribution in [0.5, 0.6) is 5.75 Å². The number of anilines is 1. The quantitative estimate of drug-likeness (QED) is 0.918. The highest BCUT2D eigenvalue weighted by molar-refractivity contribution is 5.92. The van der Waals surface area contributed by atoms with Crippen molar-refractivity contribution in [3.8, 4) is 5.75 Å². The number of amides is 1. The van der Waals surface area contributed by atoms with Gasteiger partial charge in [-0.25, -0.2) is 4.68 Å². The van der Waals surface area contributed by atoms with Gasteiger partial charge in [-0.1, -0.05) is 11.3 Å². The fourth-order valence-electron chi connectivity index (χ4n) is 2.89. The van der Waals surface area contributed by atoms with E-state index in [0.717, 1.165) is 37.4 Å². The van der Waals surface area contributed by atoms with Crippen molar-refractivity contribution in [3.05, 3.63) is 36.2 Å². The summed E-state index contributed by atoms with van der Waals surface area (Å²) in [6.07, 6.45) is 3.49. The number of carbonyl (C=O) groups excluding carboxylic acids is 1. The van der Waals surface area contributed by atoms with Crippen molar-refractivity contribution in [3.63, 3.8) is 0 Å². The molecule has 1 aliphatic heterocycles. The van der Waals surface area contributed by atoms with Crippen LogP contribution in [-0.4, -0.2) is 47.1 Å². The zero-order valence-electron chi connectivity index (χ0n) is 13.4. The van der Waals surface area contributed by atoms with Gasteiger partial charge >= 0.3 is 0 Å². The van der Waals surface area contributed by atoms with Gasteiger partial charge < -0.3 is 15.0 Å². The highest BCUT2D eigenvalue weighted by atomic mass is 16.5. The van der Waals surface area contributed by atoms with E-state index in [-0.39, 0.29) is 11.9 Å². The van der Waals surface area contributed by atoms with Gasteiger partial charge in [0, 0.05) is 37.9 Å². The van der Waals surface area contributed by atoms with Gasteiger partial charge in [0.2, 0.25) is 0 Å². The van der Waals surface area contributed by atoms with E-state index in [1.165, 1.54) is 10.9 Å². The third-order valence-corrected chi connectivity index (χ3v) is 4.12. The molecule has 7 heteroatoms. The molecule has 1 amide bonds. The lowest BCUT2D eigenvalue weighted by Crippen LogP contribution is -2.48. The van der Waals surface area contributed by atoms with Crippen LogP contribution in [0.1, 0.15) is 23.3 Å². The summed E-state index contributed by atoms with van der Waals surface area (Å²) in [6, 6.07) is 8.12. The van der Waals surface area contributed by atoms with Gasteiger partial charge in [0.25, 0.3) is 5.91 Å². The van der Waals surface area contributed by atoms with Crippen LogP contribution in [0.25, 0.3) is 0 Å². The predicted molar refractivity (Wildman–Crippen MR) is 86.7 cm³/mol. The number of aromatic nitrogens is 3. The fraction of sp³-hybridized carbons (Fsp3) is 0.438. The Morgan fingerprint density at radius 2 is 2.30 bits per heavy atom. The standard InChI is InChI=1S/C16H21N5O2/c1-20-15(10-17-19-20)16(22)18-12-5-4-8-21(11-12)13-6-3-7-14(9-13)23-2/h3,6-7,9-10,12H,4-5,8,11H2,1-2H3,(H,18,22). The molecule has 1 fully saturated rings. The van der Waals surface area contributed by atoms with Crippen molar-refractivity contribution < 1.29 is 9.53 Å². The summed E-state index contributed by atoms with van der Waals surface area (Å²) in [6.45, 7) is 1.76. The summed E-state index contributed by atoms with van der Waals surface area (Å²) in [5, 5.41) is 10.6. The normalized spacial score (nSPS) is 17.8. The molecule has 0 aliphatic carbocycles. The van der Waals surface area contributed by atoms with Crippen molar-refractivity contribution >= 4 is 11.6 Å². The van der Waals surface area contributed by atoms with Crippen LogP contribution >= 0.6 is 0 Å². The second kappa shape index (κ2) is 6.68. The molecule has 1 aliphatic rings. The highest BCUT2D eigenvalue weighted by Crippen LogP contribution is 2.24. The average Bonchev–Trinajstić information content (AvgIpc) is 3.01. The maximum absolute atomic E-state index is 12.3. The molecule has 23 heavy (non-hydrogen) atoms. The van der Waals surface area contributed by atoms with Gasteiger partial charge in [-0.05, 0) is 25.0 Å². The number of nitrogens with one attached hydrogen (secondary N) is 1. The molecule has 0 radical (unpaired) electrons. The Hall–Kier alpha value is -2.57. The zero-order chi connectivity index (χ0) is 16.2. The van der Waals surface area contributed by atoms with Crippen molar-refractivity contribution in [2.75, 3.05) is 25.1 Å². The van der Waals surface area contributed by atoms with Gasteiger partial charge in [0.05, 0.1) is 13.3 Å². The van der Waals surface area contributed by atoms with Crippen LogP contribution in [0, 0.1) is 0 Å². The average molecular weight is 315 g/mol. The number of aryl methyl sites for hydroxylation is 1. The van der Waals surface area contributed by atoms with Gasteiger partial charge in [0.15, 0.2) is 0 Å². The summed E-state index contributed by atoms with van der Waals surface area (Å²) in [5.74, 6) is 0.713. The first-order chi connectivity index (χ1) is 11.2. The van der Waals surface area contributed by atoms with Gasteiger partial charge in [-0.2, -0.15) is 0 Å². The van der Waals surface area contributed by atoms with E-state index >= 15 is 0 Å². The molecule has 122 valence electrons. The molecule has 1 unspecified atom stereocenters. The van der Waals surface area contributed by atoms with Crippen LogP contribution in [0.2, 0.25) is 0 Å². The number of piperidine rings is 1. The van der Waals surface area contributed by atoms with E-state index in [2.05, 4.69) is 26.6 Å². The number of methoxy groups -OCH3 is 1. The predicted octanol–water partition coefficient (Wildman–Crippen LogP) is 1.22. The monoisotopic (exact) mass is 315 g/mol. The van der Waals surface area contributed by atoms with Gasteiger partial charge in [-0.15, -0.1) is 5.10 Å². The molecule has 3 rings (SSSR count). The molecule has 1 saturated heterocycles. The molecule has 1 aromatic carbocycles. The minimum Gasteiger partial charge on any atom is -0.497 e. The Morgan fingerprint density at radius 3 is 3.04 bits per heavy atom. The number of rotatable bonds is 4. The first-order valence-corrected chi connectivity index (χ1v) is 7.72. The van der Waals surface area contributed by atoms with E-state index in [1.54, 1.807) is 14.2 Å². The number of benzene rings is 1. The molecule has 2 aromatic rings. The Morgan fingerprint density at radius 1 is 1.43 bits per heavy atom. The van der Waals surface area contributed by atoms with Crippen molar-refractivity contribution in [2.24, 2.45) is 7.05 Å². The number of hydrogen-bond donors (Lipinski definition) is 1. The smallest absolute Gasteiger partial charge is 0.271 e. The maximum Gasteiger partial charge on any atom is 0.271 e. The maximum atomic E-state index is 12.3. The molecule has 0 saturated carbocycles. The Bertz CT molecular complexity index is 685. The number of hydrogen-bond acceptors (Lipinski definition) is 5. The molecule has 0 bridgehead atoms. The van der Waals surface area contributed by atoms with Crippen molar-refractivity contribution in [1.29, 1.82) is 0 Å². The number of carbonyl (C=O) groups is 1. The number of ether oxygens (including phenoxy) is 1. The van der Waals surface area contributed by atoms with Crippen LogP contribution < -0.4 is 15.0 Å². The van der Waals surface area contributed by atoms with Gasteiger partial charge in [0.1, 0.15) is 11.4 Å². The minimum absolute atomic E-state index is 0.109. The summed E-state index contributed by atoms with van der Waals surface area (Å²) < 4.78 is 6.77. The molecule has 1 atom stereocenters. The summed E-state index contributed by atoms with van der Waals surface area (Å²) in [7, 11) is 3.38. The largest absolute Gasteiger partial charge is 0.497 e. The van der Waals surface area contributed by atoms with Crippen molar-refractivity contribution in [2.45, 2.75) is 18.9 Å². The molecular formula is C16H21N5O2. The van der Waals surface area contributed by atoms with Crippen LogP contribution in [0.15, 0.2) is 30.5 Å². The first-order valence-electron chi connectivity index (χ1n) is 7.72. The minimum atomic E-state index is -0.130. The van der Waals surface area contributed by atoms with E-state index in [4.69, 9.17) is 4.74 Å². The third-order valence-electron chi connectivity index (χ3n) is 4.12. The lowest BCUT2D eigenvalue weighted by molar-refractivity contribution is 0.0923. The van der Waals surface area contributed by atoms with Gasteiger partial charge in [-0.3, -0.25) is 4.79 Å². The zero-order valence-corrected chi connectivity index (χ0v) is 13.4. The molecule has 2 heterocycles. The summed E-state index contributed by atoms with van der Waals surface area (Å²) in [4.78, 5) is 14.6. The lowest BCUT2D eigenvalue weighted by Gasteiger charge is -2.34. The second-order valence-electron chi connectivity index (χ2n) is 5.70. The van der Waals surface area contributed by atoms with E-state index < -0.39 is 0 Å². The lowest BCUT2D eigenvalue weighted by atomic mass is 10.0. The van der Waals surface area contributed by atoms with Crippen LogP contribution in [0.4, 0.5) is 5.69 Å².